The molecule has 1 amide bonds. The zero-order valence-electron chi connectivity index (χ0n) is 22.6. The van der Waals surface area contributed by atoms with Crippen LogP contribution in [-0.4, -0.2) is 40.1 Å². The lowest BCUT2D eigenvalue weighted by Gasteiger charge is -2.35. The molecule has 0 saturated carbocycles. The van der Waals surface area contributed by atoms with Crippen molar-refractivity contribution in [3.05, 3.63) is 94.7 Å². The highest BCUT2D eigenvalue weighted by Gasteiger charge is 2.35. The van der Waals surface area contributed by atoms with Crippen LogP contribution in [0.4, 0.5) is 4.79 Å². The van der Waals surface area contributed by atoms with Crippen LogP contribution in [0.1, 0.15) is 54.3 Å². The minimum absolute atomic E-state index is 0.277. The molecule has 4 aromatic rings. The highest BCUT2D eigenvalue weighted by atomic mass is 32.2. The van der Waals surface area contributed by atoms with Crippen molar-refractivity contribution < 1.29 is 14.3 Å². The van der Waals surface area contributed by atoms with Crippen LogP contribution in [0, 0.1) is 13.8 Å². The number of nitrogens with zero attached hydrogens (tertiary/aromatic N) is 1. The molecule has 0 radical (unpaired) electrons. The summed E-state index contributed by atoms with van der Waals surface area (Å²) in [5.74, 6) is 2.50. The van der Waals surface area contributed by atoms with Gasteiger partial charge < -0.3 is 14.5 Å². The molecule has 38 heavy (non-hydrogen) atoms. The van der Waals surface area contributed by atoms with Gasteiger partial charge in [-0.1, -0.05) is 55.3 Å². The van der Waals surface area contributed by atoms with E-state index in [1.165, 1.54) is 16.5 Å². The Bertz CT molecular complexity index is 1390. The summed E-state index contributed by atoms with van der Waals surface area (Å²) in [4.78, 5) is 19.0. The van der Waals surface area contributed by atoms with Crippen LogP contribution in [0.3, 0.4) is 0 Å². The molecule has 0 fully saturated rings. The SMILES string of the molecule is Cc1ccc(OC(=O)N2CCc3c([nH]c4ccc(C)cc34)C2c2ccc(OCCCSC(C)C)cc2)cc1. The third kappa shape index (κ3) is 5.86. The average molecular weight is 529 g/mol. The van der Waals surface area contributed by atoms with Crippen LogP contribution in [-0.2, 0) is 6.42 Å². The predicted octanol–water partition coefficient (Wildman–Crippen LogP) is 7.84. The number of hydrogen-bond donors (Lipinski definition) is 1. The summed E-state index contributed by atoms with van der Waals surface area (Å²) in [5, 5.41) is 1.87. The maximum absolute atomic E-state index is 13.5. The van der Waals surface area contributed by atoms with E-state index >= 15 is 0 Å². The number of ether oxygens (including phenoxy) is 2. The Hall–Kier alpha value is -3.38. The summed E-state index contributed by atoms with van der Waals surface area (Å²) in [5.41, 5.74) is 6.80. The molecule has 0 bridgehead atoms. The number of amides is 1. The summed E-state index contributed by atoms with van der Waals surface area (Å²) in [6.45, 7) is 9.84. The molecule has 3 aromatic carbocycles. The van der Waals surface area contributed by atoms with Crippen molar-refractivity contribution >= 4 is 28.8 Å². The third-order valence-electron chi connectivity index (χ3n) is 6.95. The number of fused-ring (bicyclic) bond motifs is 3. The number of carbonyl (C=O) groups is 1. The summed E-state index contributed by atoms with van der Waals surface area (Å²) in [7, 11) is 0. The second-order valence-electron chi connectivity index (χ2n) is 10.3. The highest BCUT2D eigenvalue weighted by molar-refractivity contribution is 7.99. The first-order valence-corrected chi connectivity index (χ1v) is 14.4. The van der Waals surface area contributed by atoms with Gasteiger partial charge in [-0.15, -0.1) is 0 Å². The van der Waals surface area contributed by atoms with Gasteiger partial charge in [-0.25, -0.2) is 4.79 Å². The van der Waals surface area contributed by atoms with Crippen LogP contribution in [0.25, 0.3) is 10.9 Å². The fourth-order valence-electron chi connectivity index (χ4n) is 5.03. The molecule has 5 rings (SSSR count). The van der Waals surface area contributed by atoms with Gasteiger partial charge in [0.1, 0.15) is 17.5 Å². The quantitative estimate of drug-likeness (QED) is 0.237. The molecule has 5 nitrogen and oxygen atoms in total. The van der Waals surface area contributed by atoms with E-state index in [0.29, 0.717) is 24.2 Å². The average Bonchev–Trinajstić information content (AvgIpc) is 3.27. The van der Waals surface area contributed by atoms with E-state index in [-0.39, 0.29) is 12.1 Å². The predicted molar refractivity (Wildman–Crippen MR) is 157 cm³/mol. The number of hydrogen-bond acceptors (Lipinski definition) is 4. The van der Waals surface area contributed by atoms with Crippen molar-refractivity contribution in [3.63, 3.8) is 0 Å². The number of thioether (sulfide) groups is 1. The topological polar surface area (TPSA) is 54.6 Å². The van der Waals surface area contributed by atoms with E-state index in [9.17, 15) is 4.79 Å². The first-order chi connectivity index (χ1) is 18.4. The Morgan fingerprint density at radius 2 is 1.71 bits per heavy atom. The van der Waals surface area contributed by atoms with E-state index in [1.807, 2.05) is 60.0 Å². The molecule has 198 valence electrons. The summed E-state index contributed by atoms with van der Waals surface area (Å²) in [6.07, 6.45) is 1.44. The molecule has 6 heteroatoms. The molecule has 1 unspecified atom stereocenters. The zero-order chi connectivity index (χ0) is 26.6. The van der Waals surface area contributed by atoms with Gasteiger partial charge in [-0.3, -0.25) is 4.90 Å². The van der Waals surface area contributed by atoms with Crippen LogP contribution in [0.5, 0.6) is 11.5 Å². The molecule has 0 saturated heterocycles. The second-order valence-corrected chi connectivity index (χ2v) is 12.0. The van der Waals surface area contributed by atoms with Gasteiger partial charge in [0.2, 0.25) is 0 Å². The van der Waals surface area contributed by atoms with Crippen molar-refractivity contribution in [3.8, 4) is 11.5 Å². The van der Waals surface area contributed by atoms with Crippen molar-refractivity contribution in [1.82, 2.24) is 9.88 Å². The van der Waals surface area contributed by atoms with Gasteiger partial charge >= 0.3 is 6.09 Å². The van der Waals surface area contributed by atoms with E-state index in [2.05, 4.69) is 56.1 Å². The van der Waals surface area contributed by atoms with E-state index in [1.54, 1.807) is 0 Å². The van der Waals surface area contributed by atoms with Crippen molar-refractivity contribution in [2.75, 3.05) is 18.9 Å². The van der Waals surface area contributed by atoms with Gasteiger partial charge in [0, 0.05) is 23.1 Å². The van der Waals surface area contributed by atoms with Gasteiger partial charge in [0.15, 0.2) is 0 Å². The maximum Gasteiger partial charge on any atom is 0.416 e. The Morgan fingerprint density at radius 1 is 1.00 bits per heavy atom. The monoisotopic (exact) mass is 528 g/mol. The first kappa shape index (κ1) is 26.2. The van der Waals surface area contributed by atoms with Crippen molar-refractivity contribution in [2.24, 2.45) is 0 Å². The minimum Gasteiger partial charge on any atom is -0.494 e. The number of nitrogens with one attached hydrogen (secondary N) is 1. The largest absolute Gasteiger partial charge is 0.494 e. The van der Waals surface area contributed by atoms with Crippen molar-refractivity contribution in [2.45, 2.75) is 51.8 Å². The molecule has 1 aromatic heterocycles. The Balaban J connectivity index is 1.41. The van der Waals surface area contributed by atoms with E-state index in [4.69, 9.17) is 9.47 Å². The van der Waals surface area contributed by atoms with Crippen molar-refractivity contribution in [1.29, 1.82) is 0 Å². The molecule has 0 spiro atoms. The molecule has 1 aliphatic rings. The number of aromatic amines is 1. The number of aromatic nitrogens is 1. The molecular weight excluding hydrogens is 492 g/mol. The van der Waals surface area contributed by atoms with Crippen LogP contribution in [0.2, 0.25) is 0 Å². The number of carbonyl (C=O) groups excluding carboxylic acids is 1. The lowest BCUT2D eigenvalue weighted by atomic mass is 9.92. The van der Waals surface area contributed by atoms with Gasteiger partial charge in [0.25, 0.3) is 0 Å². The van der Waals surface area contributed by atoms with Crippen LogP contribution in [0.15, 0.2) is 66.7 Å². The summed E-state index contributed by atoms with van der Waals surface area (Å²) < 4.78 is 11.8. The van der Waals surface area contributed by atoms with E-state index in [0.717, 1.165) is 46.7 Å². The zero-order valence-corrected chi connectivity index (χ0v) is 23.4. The van der Waals surface area contributed by atoms with E-state index < -0.39 is 0 Å². The lowest BCUT2D eigenvalue weighted by molar-refractivity contribution is 0.135. The van der Waals surface area contributed by atoms with Crippen LogP contribution >= 0.6 is 11.8 Å². The first-order valence-electron chi connectivity index (χ1n) is 13.4. The molecule has 1 atom stereocenters. The fourth-order valence-corrected chi connectivity index (χ4v) is 5.78. The highest BCUT2D eigenvalue weighted by Crippen LogP contribution is 2.39. The Kier molecular flexibility index (Phi) is 7.98. The normalized spacial score (nSPS) is 15.1. The molecular formula is C32H36N2O3S. The van der Waals surface area contributed by atoms with Gasteiger partial charge in [-0.05, 0) is 85.2 Å². The molecule has 1 N–H and O–H groups in total. The summed E-state index contributed by atoms with van der Waals surface area (Å²) in [6, 6.07) is 22.0. The summed E-state index contributed by atoms with van der Waals surface area (Å²) >= 11 is 1.95. The third-order valence-corrected chi connectivity index (χ3v) is 8.14. The van der Waals surface area contributed by atoms with Gasteiger partial charge in [0.05, 0.1) is 6.61 Å². The second kappa shape index (κ2) is 11.6. The number of H-pyrrole nitrogens is 1. The fraction of sp³-hybridized carbons (Fsp3) is 0.344. The number of rotatable bonds is 8. The standard InChI is InChI=1S/C32H36N2O3S/c1-21(2)38-19-5-18-36-25-13-9-24(10-14-25)31-30-27(28-20-23(4)8-15-29(28)33-30)16-17-34(31)32(35)37-26-11-6-22(3)7-12-26/h6-15,20-21,31,33H,5,16-19H2,1-4H3. The smallest absolute Gasteiger partial charge is 0.416 e. The van der Waals surface area contributed by atoms with Crippen LogP contribution < -0.4 is 9.47 Å². The molecule has 1 aliphatic heterocycles. The lowest BCUT2D eigenvalue weighted by Crippen LogP contribution is -2.42. The number of aryl methyl sites for hydroxylation is 2. The minimum atomic E-state index is -0.345. The number of benzene rings is 3. The van der Waals surface area contributed by atoms with Gasteiger partial charge in [-0.2, -0.15) is 11.8 Å². The Labute approximate surface area is 229 Å². The Morgan fingerprint density at radius 3 is 2.45 bits per heavy atom. The molecule has 2 heterocycles. The maximum atomic E-state index is 13.5. The molecule has 0 aliphatic carbocycles.